The largest absolute Gasteiger partial charge is 0.393 e. The van der Waals surface area contributed by atoms with Crippen LogP contribution in [0.1, 0.15) is 72.1 Å². The zero-order valence-electron chi connectivity index (χ0n) is 15.0. The SMILES string of the molecule is CC(=O)[C@H]1CC[C@@H]2[C@@H]3CC=C4C[C@@H](O)CC[C@]4(C)[C@@H]3CC[C@]12C. The predicted molar refractivity (Wildman–Crippen MR) is 91.9 cm³/mol. The average molecular weight is 316 g/mol. The highest BCUT2D eigenvalue weighted by atomic mass is 16.3. The van der Waals surface area contributed by atoms with E-state index in [0.29, 0.717) is 17.1 Å². The molecule has 0 spiro atoms. The van der Waals surface area contributed by atoms with E-state index in [1.54, 1.807) is 5.57 Å². The quantitative estimate of drug-likeness (QED) is 0.722. The molecular weight excluding hydrogens is 284 g/mol. The molecule has 0 amide bonds. The predicted octanol–water partition coefficient (Wildman–Crippen LogP) is 4.52. The summed E-state index contributed by atoms with van der Waals surface area (Å²) < 4.78 is 0. The molecule has 4 aliphatic rings. The van der Waals surface area contributed by atoms with E-state index in [4.69, 9.17) is 0 Å². The third kappa shape index (κ3) is 2.13. The van der Waals surface area contributed by atoms with E-state index in [2.05, 4.69) is 19.9 Å². The van der Waals surface area contributed by atoms with Gasteiger partial charge in [-0.15, -0.1) is 0 Å². The number of aliphatic hydroxyl groups is 1. The topological polar surface area (TPSA) is 37.3 Å². The van der Waals surface area contributed by atoms with Crippen LogP contribution >= 0.6 is 0 Å². The number of aliphatic hydroxyl groups excluding tert-OH is 1. The highest BCUT2D eigenvalue weighted by molar-refractivity contribution is 5.79. The van der Waals surface area contributed by atoms with Crippen molar-refractivity contribution in [3.63, 3.8) is 0 Å². The van der Waals surface area contributed by atoms with Crippen LogP contribution in [0.15, 0.2) is 11.6 Å². The molecule has 4 aliphatic carbocycles. The Bertz CT molecular complexity index is 550. The Kier molecular flexibility index (Phi) is 3.58. The average Bonchev–Trinajstić information content (AvgIpc) is 2.85. The van der Waals surface area contributed by atoms with E-state index in [1.165, 1.54) is 25.7 Å². The maximum Gasteiger partial charge on any atom is 0.133 e. The van der Waals surface area contributed by atoms with Crippen LogP contribution < -0.4 is 0 Å². The standard InChI is InChI=1S/C21H32O2/c1-13(22)17-6-7-18-16-5-4-14-12-15(23)8-10-20(14,2)19(16)9-11-21(17,18)3/h4,15-19,23H,5-12H2,1-3H3/t15-,16-,17+,18+,19+,20-,21+/m0/s1. The Morgan fingerprint density at radius 1 is 1.13 bits per heavy atom. The molecule has 128 valence electrons. The second kappa shape index (κ2) is 5.18. The summed E-state index contributed by atoms with van der Waals surface area (Å²) in [5.41, 5.74) is 2.11. The van der Waals surface area contributed by atoms with Gasteiger partial charge in [-0.1, -0.05) is 25.5 Å². The van der Waals surface area contributed by atoms with E-state index >= 15 is 0 Å². The first-order valence-electron chi connectivity index (χ1n) is 9.74. The van der Waals surface area contributed by atoms with E-state index < -0.39 is 0 Å². The molecular formula is C21H32O2. The third-order valence-electron chi connectivity index (χ3n) is 8.57. The van der Waals surface area contributed by atoms with E-state index in [0.717, 1.165) is 43.4 Å². The van der Waals surface area contributed by atoms with Crippen LogP contribution in [0.25, 0.3) is 0 Å². The van der Waals surface area contributed by atoms with Gasteiger partial charge in [0.05, 0.1) is 6.10 Å². The van der Waals surface area contributed by atoms with Gasteiger partial charge in [-0.3, -0.25) is 4.79 Å². The third-order valence-corrected chi connectivity index (χ3v) is 8.57. The van der Waals surface area contributed by atoms with Crippen LogP contribution in [-0.4, -0.2) is 17.0 Å². The number of Topliss-reactive ketones (excluding diaryl/α,β-unsaturated/α-hetero) is 1. The minimum absolute atomic E-state index is 0.117. The van der Waals surface area contributed by atoms with Crippen molar-refractivity contribution < 1.29 is 9.90 Å². The summed E-state index contributed by atoms with van der Waals surface area (Å²) in [4.78, 5) is 12.2. The molecule has 2 heteroatoms. The molecule has 1 N–H and O–H groups in total. The molecule has 0 aromatic rings. The maximum atomic E-state index is 12.2. The molecule has 3 saturated carbocycles. The normalized spacial score (nSPS) is 52.2. The van der Waals surface area contributed by atoms with E-state index in [-0.39, 0.29) is 11.5 Å². The summed E-state index contributed by atoms with van der Waals surface area (Å²) in [6.07, 6.45) is 11.5. The zero-order valence-corrected chi connectivity index (χ0v) is 15.0. The van der Waals surface area contributed by atoms with Crippen molar-refractivity contribution in [3.8, 4) is 0 Å². The Morgan fingerprint density at radius 2 is 1.91 bits per heavy atom. The Labute approximate surface area is 140 Å². The number of ketones is 1. The molecule has 0 bridgehead atoms. The highest BCUT2D eigenvalue weighted by Gasteiger charge is 2.59. The second-order valence-electron chi connectivity index (χ2n) is 9.44. The lowest BCUT2D eigenvalue weighted by atomic mass is 9.47. The number of allylic oxidation sites excluding steroid dienone is 1. The fraction of sp³-hybridized carbons (Fsp3) is 0.857. The molecule has 4 rings (SSSR count). The van der Waals surface area contributed by atoms with Gasteiger partial charge in [-0.25, -0.2) is 0 Å². The van der Waals surface area contributed by atoms with Gasteiger partial charge in [-0.2, -0.15) is 0 Å². The number of carbonyl (C=O) groups excluding carboxylic acids is 1. The zero-order chi connectivity index (χ0) is 16.4. The number of hydrogen-bond donors (Lipinski definition) is 1. The fourth-order valence-corrected chi connectivity index (χ4v) is 7.31. The van der Waals surface area contributed by atoms with Crippen molar-refractivity contribution in [2.45, 2.75) is 78.2 Å². The second-order valence-corrected chi connectivity index (χ2v) is 9.44. The van der Waals surface area contributed by atoms with Crippen molar-refractivity contribution in [2.24, 2.45) is 34.5 Å². The first-order chi connectivity index (χ1) is 10.9. The molecule has 0 heterocycles. The maximum absolute atomic E-state index is 12.2. The van der Waals surface area contributed by atoms with Crippen molar-refractivity contribution in [1.29, 1.82) is 0 Å². The van der Waals surface area contributed by atoms with Crippen LogP contribution in [0, 0.1) is 34.5 Å². The van der Waals surface area contributed by atoms with Gasteiger partial charge in [0.25, 0.3) is 0 Å². The minimum Gasteiger partial charge on any atom is -0.393 e. The lowest BCUT2D eigenvalue weighted by molar-refractivity contribution is -0.127. The van der Waals surface area contributed by atoms with Crippen LogP contribution in [-0.2, 0) is 4.79 Å². The summed E-state index contributed by atoms with van der Waals surface area (Å²) in [7, 11) is 0. The summed E-state index contributed by atoms with van der Waals surface area (Å²) in [5.74, 6) is 3.00. The molecule has 7 atom stereocenters. The van der Waals surface area contributed by atoms with Crippen molar-refractivity contribution in [3.05, 3.63) is 11.6 Å². The van der Waals surface area contributed by atoms with E-state index in [9.17, 15) is 9.90 Å². The monoisotopic (exact) mass is 316 g/mol. The lowest BCUT2D eigenvalue weighted by Gasteiger charge is -2.57. The van der Waals surface area contributed by atoms with Gasteiger partial charge in [-0.05, 0) is 86.9 Å². The highest BCUT2D eigenvalue weighted by Crippen LogP contribution is 2.66. The summed E-state index contributed by atoms with van der Waals surface area (Å²) in [6, 6.07) is 0. The number of rotatable bonds is 1. The summed E-state index contributed by atoms with van der Waals surface area (Å²) in [6.45, 7) is 6.70. The Balaban J connectivity index is 1.66. The number of carbonyl (C=O) groups is 1. The first kappa shape index (κ1) is 15.9. The first-order valence-corrected chi connectivity index (χ1v) is 9.74. The summed E-state index contributed by atoms with van der Waals surface area (Å²) >= 11 is 0. The van der Waals surface area contributed by atoms with Gasteiger partial charge in [0.1, 0.15) is 5.78 Å². The Morgan fingerprint density at radius 3 is 2.65 bits per heavy atom. The molecule has 23 heavy (non-hydrogen) atoms. The van der Waals surface area contributed by atoms with Gasteiger partial charge in [0, 0.05) is 5.92 Å². The van der Waals surface area contributed by atoms with Crippen LogP contribution in [0.5, 0.6) is 0 Å². The fourth-order valence-electron chi connectivity index (χ4n) is 7.31. The van der Waals surface area contributed by atoms with Crippen molar-refractivity contribution in [2.75, 3.05) is 0 Å². The van der Waals surface area contributed by atoms with E-state index in [1.807, 2.05) is 6.92 Å². The van der Waals surface area contributed by atoms with Crippen LogP contribution in [0.3, 0.4) is 0 Å². The lowest BCUT2D eigenvalue weighted by Crippen LogP contribution is -2.50. The smallest absolute Gasteiger partial charge is 0.133 e. The van der Waals surface area contributed by atoms with Crippen molar-refractivity contribution >= 4 is 5.78 Å². The molecule has 0 radical (unpaired) electrons. The van der Waals surface area contributed by atoms with Crippen molar-refractivity contribution in [1.82, 2.24) is 0 Å². The molecule has 0 saturated heterocycles. The molecule has 0 aromatic carbocycles. The number of fused-ring (bicyclic) bond motifs is 5. The van der Waals surface area contributed by atoms with Gasteiger partial charge >= 0.3 is 0 Å². The van der Waals surface area contributed by atoms with Gasteiger partial charge in [0.2, 0.25) is 0 Å². The molecule has 3 fully saturated rings. The van der Waals surface area contributed by atoms with Gasteiger partial charge < -0.3 is 5.11 Å². The summed E-state index contributed by atoms with van der Waals surface area (Å²) in [5, 5.41) is 10.1. The molecule has 0 unspecified atom stereocenters. The molecule has 2 nitrogen and oxygen atoms in total. The number of hydrogen-bond acceptors (Lipinski definition) is 2. The van der Waals surface area contributed by atoms with Crippen LogP contribution in [0.4, 0.5) is 0 Å². The molecule has 0 aromatic heterocycles. The van der Waals surface area contributed by atoms with Gasteiger partial charge in [0.15, 0.2) is 0 Å². The minimum atomic E-state index is -0.117. The Hall–Kier alpha value is -0.630. The van der Waals surface area contributed by atoms with Crippen LogP contribution in [0.2, 0.25) is 0 Å². The molecule has 0 aliphatic heterocycles.